The lowest BCUT2D eigenvalue weighted by atomic mass is 10.2. The lowest BCUT2D eigenvalue weighted by Gasteiger charge is -2.23. The van der Waals surface area contributed by atoms with Crippen LogP contribution >= 0.6 is 11.8 Å². The summed E-state index contributed by atoms with van der Waals surface area (Å²) in [5.41, 5.74) is 5.63. The quantitative estimate of drug-likeness (QED) is 0.730. The van der Waals surface area contributed by atoms with Crippen molar-refractivity contribution in [1.29, 1.82) is 0 Å². The van der Waals surface area contributed by atoms with E-state index >= 15 is 0 Å². The molecule has 1 aliphatic rings. The van der Waals surface area contributed by atoms with Crippen LogP contribution in [0.1, 0.15) is 26.7 Å². The fourth-order valence-electron chi connectivity index (χ4n) is 1.15. The number of hydrogen-bond donors (Lipinski definition) is 1. The topological polar surface area (TPSA) is 35.2 Å². The molecule has 1 rings (SSSR count). The molecule has 0 aliphatic carbocycles. The van der Waals surface area contributed by atoms with Gasteiger partial charge in [-0.05, 0) is 26.7 Å². The van der Waals surface area contributed by atoms with Crippen LogP contribution in [0.4, 0.5) is 0 Å². The molecule has 1 unspecified atom stereocenters. The largest absolute Gasteiger partial charge is 0.377 e. The molecule has 1 fully saturated rings. The Morgan fingerprint density at radius 2 is 2.33 bits per heavy atom. The SMILES string of the molecule is CC(C)(CN)SCC1CCCO1. The van der Waals surface area contributed by atoms with Crippen molar-refractivity contribution in [3.63, 3.8) is 0 Å². The van der Waals surface area contributed by atoms with Crippen LogP contribution in [-0.2, 0) is 4.74 Å². The Hall–Kier alpha value is 0.270. The summed E-state index contributed by atoms with van der Waals surface area (Å²) in [6.45, 7) is 6.07. The predicted octanol–water partition coefficient (Wildman–Crippen LogP) is 1.64. The van der Waals surface area contributed by atoms with E-state index in [2.05, 4.69) is 13.8 Å². The molecule has 1 saturated heterocycles. The van der Waals surface area contributed by atoms with Gasteiger partial charge in [0.25, 0.3) is 0 Å². The highest BCUT2D eigenvalue weighted by Crippen LogP contribution is 2.26. The molecule has 72 valence electrons. The molecule has 0 amide bonds. The Bertz CT molecular complexity index is 132. The fraction of sp³-hybridized carbons (Fsp3) is 1.00. The highest BCUT2D eigenvalue weighted by molar-refractivity contribution is 8.00. The Labute approximate surface area is 79.2 Å². The van der Waals surface area contributed by atoms with Crippen molar-refractivity contribution in [2.24, 2.45) is 5.73 Å². The Morgan fingerprint density at radius 1 is 1.58 bits per heavy atom. The zero-order chi connectivity index (χ0) is 9.03. The minimum absolute atomic E-state index is 0.214. The fourth-order valence-corrected chi connectivity index (χ4v) is 2.17. The molecule has 1 aliphatic heterocycles. The molecular formula is C9H19NOS. The maximum absolute atomic E-state index is 5.63. The normalized spacial score (nSPS) is 24.8. The maximum atomic E-state index is 5.63. The molecule has 0 spiro atoms. The van der Waals surface area contributed by atoms with Gasteiger partial charge in [0.2, 0.25) is 0 Å². The molecule has 0 bridgehead atoms. The van der Waals surface area contributed by atoms with Crippen LogP contribution in [-0.4, -0.2) is 29.8 Å². The van der Waals surface area contributed by atoms with Gasteiger partial charge in [-0.1, -0.05) is 0 Å². The van der Waals surface area contributed by atoms with Gasteiger partial charge in [0.1, 0.15) is 0 Å². The molecule has 12 heavy (non-hydrogen) atoms. The molecule has 0 aromatic carbocycles. The summed E-state index contributed by atoms with van der Waals surface area (Å²) in [5.74, 6) is 1.10. The highest BCUT2D eigenvalue weighted by Gasteiger charge is 2.21. The summed E-state index contributed by atoms with van der Waals surface area (Å²) in [6.07, 6.45) is 2.95. The van der Waals surface area contributed by atoms with Crippen LogP contribution in [0.3, 0.4) is 0 Å². The average Bonchev–Trinajstić information content (AvgIpc) is 2.53. The molecule has 0 aromatic heterocycles. The summed E-state index contributed by atoms with van der Waals surface area (Å²) in [7, 11) is 0. The van der Waals surface area contributed by atoms with E-state index in [9.17, 15) is 0 Å². The van der Waals surface area contributed by atoms with E-state index in [1.54, 1.807) is 0 Å². The van der Waals surface area contributed by atoms with Gasteiger partial charge >= 0.3 is 0 Å². The summed E-state index contributed by atoms with van der Waals surface area (Å²) in [6, 6.07) is 0. The van der Waals surface area contributed by atoms with Crippen LogP contribution in [0, 0.1) is 0 Å². The third kappa shape index (κ3) is 3.33. The van der Waals surface area contributed by atoms with Gasteiger partial charge < -0.3 is 10.5 Å². The van der Waals surface area contributed by atoms with Crippen LogP contribution < -0.4 is 5.73 Å². The third-order valence-corrected chi connectivity index (χ3v) is 3.66. The number of hydrogen-bond acceptors (Lipinski definition) is 3. The van der Waals surface area contributed by atoms with Crippen molar-refractivity contribution < 1.29 is 4.74 Å². The first kappa shape index (κ1) is 10.4. The summed E-state index contributed by atoms with van der Waals surface area (Å²) in [5, 5.41) is 0. The van der Waals surface area contributed by atoms with Gasteiger partial charge in [-0.3, -0.25) is 0 Å². The van der Waals surface area contributed by atoms with Crippen LogP contribution in [0.5, 0.6) is 0 Å². The number of nitrogens with two attached hydrogens (primary N) is 1. The smallest absolute Gasteiger partial charge is 0.0666 e. The van der Waals surface area contributed by atoms with Gasteiger partial charge in [0, 0.05) is 23.7 Å². The zero-order valence-corrected chi connectivity index (χ0v) is 8.82. The van der Waals surface area contributed by atoms with E-state index in [-0.39, 0.29) is 4.75 Å². The summed E-state index contributed by atoms with van der Waals surface area (Å²) >= 11 is 1.93. The minimum atomic E-state index is 0.214. The Morgan fingerprint density at radius 3 is 2.83 bits per heavy atom. The van der Waals surface area contributed by atoms with E-state index in [1.807, 2.05) is 11.8 Å². The lowest BCUT2D eigenvalue weighted by molar-refractivity contribution is 0.128. The van der Waals surface area contributed by atoms with Crippen LogP contribution in [0.25, 0.3) is 0 Å². The second kappa shape index (κ2) is 4.49. The van der Waals surface area contributed by atoms with Gasteiger partial charge in [0.05, 0.1) is 6.10 Å². The standard InChI is InChI=1S/C9H19NOS/c1-9(2,7-10)12-6-8-4-3-5-11-8/h8H,3-7,10H2,1-2H3. The van der Waals surface area contributed by atoms with E-state index < -0.39 is 0 Å². The number of rotatable bonds is 4. The van der Waals surface area contributed by atoms with Crippen molar-refractivity contribution in [2.75, 3.05) is 18.9 Å². The lowest BCUT2D eigenvalue weighted by Crippen LogP contribution is -2.28. The molecular weight excluding hydrogens is 170 g/mol. The molecule has 2 N–H and O–H groups in total. The summed E-state index contributed by atoms with van der Waals surface area (Å²) in [4.78, 5) is 0. The zero-order valence-electron chi connectivity index (χ0n) is 8.01. The molecule has 0 aromatic rings. The van der Waals surface area contributed by atoms with Crippen molar-refractivity contribution in [3.8, 4) is 0 Å². The van der Waals surface area contributed by atoms with Crippen molar-refractivity contribution in [3.05, 3.63) is 0 Å². The molecule has 2 nitrogen and oxygen atoms in total. The summed E-state index contributed by atoms with van der Waals surface area (Å²) < 4.78 is 5.75. The first-order valence-electron chi connectivity index (χ1n) is 4.60. The molecule has 0 radical (unpaired) electrons. The van der Waals surface area contributed by atoms with Gasteiger partial charge in [0.15, 0.2) is 0 Å². The molecule has 1 atom stereocenters. The van der Waals surface area contributed by atoms with E-state index in [1.165, 1.54) is 12.8 Å². The molecule has 1 heterocycles. The van der Waals surface area contributed by atoms with E-state index in [0.717, 1.165) is 18.9 Å². The predicted molar refractivity (Wildman–Crippen MR) is 54.6 cm³/mol. The van der Waals surface area contributed by atoms with E-state index in [4.69, 9.17) is 10.5 Å². The van der Waals surface area contributed by atoms with Crippen molar-refractivity contribution in [1.82, 2.24) is 0 Å². The minimum Gasteiger partial charge on any atom is -0.377 e. The van der Waals surface area contributed by atoms with Crippen LogP contribution in [0.2, 0.25) is 0 Å². The monoisotopic (exact) mass is 189 g/mol. The second-order valence-electron chi connectivity index (χ2n) is 3.91. The number of thioether (sulfide) groups is 1. The third-order valence-electron chi connectivity index (χ3n) is 2.18. The highest BCUT2D eigenvalue weighted by atomic mass is 32.2. The molecule has 0 saturated carbocycles. The Kier molecular flexibility index (Phi) is 3.87. The van der Waals surface area contributed by atoms with E-state index in [0.29, 0.717) is 6.10 Å². The number of ether oxygens (including phenoxy) is 1. The average molecular weight is 189 g/mol. The second-order valence-corrected chi connectivity index (χ2v) is 5.64. The van der Waals surface area contributed by atoms with Crippen LogP contribution in [0.15, 0.2) is 0 Å². The van der Waals surface area contributed by atoms with Gasteiger partial charge in [-0.25, -0.2) is 0 Å². The van der Waals surface area contributed by atoms with Crippen molar-refractivity contribution in [2.45, 2.75) is 37.5 Å². The Balaban J connectivity index is 2.15. The first-order valence-corrected chi connectivity index (χ1v) is 5.58. The van der Waals surface area contributed by atoms with Gasteiger partial charge in [-0.15, -0.1) is 0 Å². The van der Waals surface area contributed by atoms with Crippen molar-refractivity contribution >= 4 is 11.8 Å². The maximum Gasteiger partial charge on any atom is 0.0666 e. The van der Waals surface area contributed by atoms with Gasteiger partial charge in [-0.2, -0.15) is 11.8 Å². The first-order chi connectivity index (χ1) is 5.64. The molecule has 3 heteroatoms.